The molecule has 0 saturated carbocycles. The minimum Gasteiger partial charge on any atom is -0.352 e. The van der Waals surface area contributed by atoms with E-state index in [-0.39, 0.29) is 5.91 Å². The molecular formula is C17H26N2O. The van der Waals surface area contributed by atoms with E-state index in [4.69, 9.17) is 0 Å². The third-order valence-electron chi connectivity index (χ3n) is 4.16. The Morgan fingerprint density at radius 1 is 1.40 bits per heavy atom. The van der Waals surface area contributed by atoms with Gasteiger partial charge in [0.2, 0.25) is 5.91 Å². The zero-order chi connectivity index (χ0) is 14.4. The Morgan fingerprint density at radius 2 is 2.15 bits per heavy atom. The molecule has 0 unspecified atom stereocenters. The highest BCUT2D eigenvalue weighted by atomic mass is 16.1. The zero-order valence-corrected chi connectivity index (χ0v) is 12.6. The molecular weight excluding hydrogens is 248 g/mol. The summed E-state index contributed by atoms with van der Waals surface area (Å²) in [4.78, 5) is 13.6. The minimum atomic E-state index is 0.0921. The third kappa shape index (κ3) is 4.64. The number of amides is 1. The van der Waals surface area contributed by atoms with Crippen molar-refractivity contribution >= 4 is 5.91 Å². The highest BCUT2D eigenvalue weighted by molar-refractivity contribution is 5.73. The Balaban J connectivity index is 1.77. The first kappa shape index (κ1) is 15.0. The zero-order valence-electron chi connectivity index (χ0n) is 12.6. The van der Waals surface area contributed by atoms with Gasteiger partial charge in [0, 0.05) is 19.5 Å². The summed E-state index contributed by atoms with van der Waals surface area (Å²) in [6, 6.07) is 11.0. The number of hydrogen-bond donors (Lipinski definition) is 1. The molecule has 1 N–H and O–H groups in total. The Morgan fingerprint density at radius 3 is 2.85 bits per heavy atom. The molecule has 3 nitrogen and oxygen atoms in total. The fraction of sp³-hybridized carbons (Fsp3) is 0.588. The van der Waals surface area contributed by atoms with Crippen LogP contribution in [0.4, 0.5) is 0 Å². The van der Waals surface area contributed by atoms with E-state index in [0.717, 1.165) is 26.1 Å². The molecule has 1 amide bonds. The molecule has 1 aliphatic heterocycles. The lowest BCUT2D eigenvalue weighted by Crippen LogP contribution is -2.47. The van der Waals surface area contributed by atoms with Crippen LogP contribution in [0.5, 0.6) is 0 Å². The molecule has 1 aliphatic rings. The van der Waals surface area contributed by atoms with E-state index in [0.29, 0.717) is 12.0 Å². The Kier molecular flexibility index (Phi) is 5.60. The molecule has 0 bridgehead atoms. The first-order chi connectivity index (χ1) is 9.65. The second-order valence-electron chi connectivity index (χ2n) is 5.94. The van der Waals surface area contributed by atoms with Crippen LogP contribution in [-0.4, -0.2) is 36.5 Å². The summed E-state index contributed by atoms with van der Waals surface area (Å²) in [5.74, 6) is 0.687. The predicted octanol–water partition coefficient (Wildman–Crippen LogP) is 2.78. The number of piperidine rings is 1. The van der Waals surface area contributed by atoms with Gasteiger partial charge in [0.25, 0.3) is 0 Å². The molecule has 0 aliphatic carbocycles. The van der Waals surface area contributed by atoms with E-state index in [1.807, 2.05) is 0 Å². The fourth-order valence-corrected chi connectivity index (χ4v) is 2.99. The summed E-state index contributed by atoms with van der Waals surface area (Å²) < 4.78 is 0. The summed E-state index contributed by atoms with van der Waals surface area (Å²) in [6.07, 6.45) is 3.48. The maximum atomic E-state index is 11.1. The Hall–Kier alpha value is -1.35. The predicted molar refractivity (Wildman–Crippen MR) is 82.8 cm³/mol. The van der Waals surface area contributed by atoms with Gasteiger partial charge in [-0.25, -0.2) is 0 Å². The van der Waals surface area contributed by atoms with Crippen LogP contribution < -0.4 is 5.32 Å². The standard InChI is InChI=1S/C17H26N2O/c1-14(16-7-4-3-5-8-16)10-12-19-11-6-9-17(13-19)18-15(2)20/h3-5,7-8,14,17H,6,9-13H2,1-2H3,(H,18,20)/t14-,17+/m1/s1. The first-order valence-corrected chi connectivity index (χ1v) is 7.69. The molecule has 1 aromatic rings. The number of nitrogens with zero attached hydrogens (tertiary/aromatic N) is 1. The summed E-state index contributed by atoms with van der Waals surface area (Å²) in [5, 5.41) is 3.05. The lowest BCUT2D eigenvalue weighted by molar-refractivity contribution is -0.120. The number of likely N-dealkylation sites (tertiary alicyclic amines) is 1. The lowest BCUT2D eigenvalue weighted by atomic mass is 9.97. The normalized spacial score (nSPS) is 21.4. The first-order valence-electron chi connectivity index (χ1n) is 7.69. The van der Waals surface area contributed by atoms with Crippen LogP contribution in [0.15, 0.2) is 30.3 Å². The van der Waals surface area contributed by atoms with Crippen molar-refractivity contribution in [1.29, 1.82) is 0 Å². The van der Waals surface area contributed by atoms with Crippen LogP contribution in [0.3, 0.4) is 0 Å². The van der Waals surface area contributed by atoms with Crippen molar-refractivity contribution in [3.63, 3.8) is 0 Å². The minimum absolute atomic E-state index is 0.0921. The fourth-order valence-electron chi connectivity index (χ4n) is 2.99. The number of rotatable bonds is 5. The van der Waals surface area contributed by atoms with Crippen LogP contribution in [-0.2, 0) is 4.79 Å². The van der Waals surface area contributed by atoms with Gasteiger partial charge < -0.3 is 10.2 Å². The molecule has 0 aromatic heterocycles. The molecule has 1 saturated heterocycles. The van der Waals surface area contributed by atoms with Gasteiger partial charge in [-0.15, -0.1) is 0 Å². The van der Waals surface area contributed by atoms with Gasteiger partial charge in [0.1, 0.15) is 0 Å². The van der Waals surface area contributed by atoms with Crippen LogP contribution in [0.1, 0.15) is 44.6 Å². The van der Waals surface area contributed by atoms with Crippen LogP contribution >= 0.6 is 0 Å². The van der Waals surface area contributed by atoms with Crippen molar-refractivity contribution in [2.75, 3.05) is 19.6 Å². The van der Waals surface area contributed by atoms with Crippen molar-refractivity contribution in [2.45, 2.75) is 45.1 Å². The Bertz CT molecular complexity index is 418. The number of nitrogens with one attached hydrogen (secondary N) is 1. The van der Waals surface area contributed by atoms with Gasteiger partial charge in [-0.05, 0) is 43.8 Å². The molecule has 2 rings (SSSR count). The smallest absolute Gasteiger partial charge is 0.217 e. The van der Waals surface area contributed by atoms with E-state index >= 15 is 0 Å². The summed E-state index contributed by atoms with van der Waals surface area (Å²) >= 11 is 0. The van der Waals surface area contributed by atoms with E-state index in [9.17, 15) is 4.79 Å². The molecule has 2 atom stereocenters. The molecule has 1 heterocycles. The summed E-state index contributed by atoms with van der Waals surface area (Å²) in [6.45, 7) is 7.19. The van der Waals surface area contributed by atoms with Crippen molar-refractivity contribution < 1.29 is 4.79 Å². The van der Waals surface area contributed by atoms with E-state index in [2.05, 4.69) is 47.5 Å². The van der Waals surface area contributed by atoms with Crippen LogP contribution in [0.25, 0.3) is 0 Å². The molecule has 110 valence electrons. The molecule has 1 aromatic carbocycles. The van der Waals surface area contributed by atoms with Crippen LogP contribution in [0, 0.1) is 0 Å². The van der Waals surface area contributed by atoms with Gasteiger partial charge in [-0.3, -0.25) is 4.79 Å². The average molecular weight is 274 g/mol. The van der Waals surface area contributed by atoms with Crippen LogP contribution in [0.2, 0.25) is 0 Å². The molecule has 20 heavy (non-hydrogen) atoms. The van der Waals surface area contributed by atoms with E-state index in [1.54, 1.807) is 6.92 Å². The maximum absolute atomic E-state index is 11.1. The second kappa shape index (κ2) is 7.44. The molecule has 3 heteroatoms. The molecule has 1 fully saturated rings. The average Bonchev–Trinajstić information content (AvgIpc) is 2.45. The summed E-state index contributed by atoms with van der Waals surface area (Å²) in [7, 11) is 0. The highest BCUT2D eigenvalue weighted by Gasteiger charge is 2.20. The third-order valence-corrected chi connectivity index (χ3v) is 4.16. The second-order valence-corrected chi connectivity index (χ2v) is 5.94. The van der Waals surface area contributed by atoms with Crippen molar-refractivity contribution in [1.82, 2.24) is 10.2 Å². The maximum Gasteiger partial charge on any atom is 0.217 e. The van der Waals surface area contributed by atoms with Crippen molar-refractivity contribution in [3.05, 3.63) is 35.9 Å². The monoisotopic (exact) mass is 274 g/mol. The van der Waals surface area contributed by atoms with Gasteiger partial charge >= 0.3 is 0 Å². The molecule has 0 spiro atoms. The van der Waals surface area contributed by atoms with Gasteiger partial charge in [-0.1, -0.05) is 37.3 Å². The van der Waals surface area contributed by atoms with Crippen molar-refractivity contribution in [2.24, 2.45) is 0 Å². The SMILES string of the molecule is CC(=O)N[C@H]1CCCN(CC[C@@H](C)c2ccccc2)C1. The lowest BCUT2D eigenvalue weighted by Gasteiger charge is -2.33. The number of hydrogen-bond acceptors (Lipinski definition) is 2. The molecule has 0 radical (unpaired) electrons. The van der Waals surface area contributed by atoms with Gasteiger partial charge in [0.15, 0.2) is 0 Å². The van der Waals surface area contributed by atoms with E-state index in [1.165, 1.54) is 18.4 Å². The largest absolute Gasteiger partial charge is 0.352 e. The highest BCUT2D eigenvalue weighted by Crippen LogP contribution is 2.20. The number of carbonyl (C=O) groups is 1. The van der Waals surface area contributed by atoms with Crippen molar-refractivity contribution in [3.8, 4) is 0 Å². The number of benzene rings is 1. The Labute approximate surface area is 122 Å². The van der Waals surface area contributed by atoms with Gasteiger partial charge in [0.05, 0.1) is 0 Å². The topological polar surface area (TPSA) is 32.3 Å². The number of carbonyl (C=O) groups excluding carboxylic acids is 1. The quantitative estimate of drug-likeness (QED) is 0.895. The summed E-state index contributed by atoms with van der Waals surface area (Å²) in [5.41, 5.74) is 1.42. The van der Waals surface area contributed by atoms with E-state index < -0.39 is 0 Å². The van der Waals surface area contributed by atoms with Gasteiger partial charge in [-0.2, -0.15) is 0 Å².